The summed E-state index contributed by atoms with van der Waals surface area (Å²) in [5.41, 5.74) is 1.79. The van der Waals surface area contributed by atoms with Gasteiger partial charge in [0.05, 0.1) is 25.1 Å². The fourth-order valence-corrected chi connectivity index (χ4v) is 7.28. The van der Waals surface area contributed by atoms with E-state index in [1.807, 2.05) is 68.3 Å². The van der Waals surface area contributed by atoms with Crippen LogP contribution in [0.2, 0.25) is 0 Å². The van der Waals surface area contributed by atoms with Crippen LogP contribution in [0.3, 0.4) is 0 Å². The predicted molar refractivity (Wildman–Crippen MR) is 200 cm³/mol. The number of aliphatic carboxylic acids is 1. The lowest BCUT2D eigenvalue weighted by atomic mass is 9.95. The van der Waals surface area contributed by atoms with Gasteiger partial charge in [0.2, 0.25) is 11.8 Å². The zero-order valence-electron chi connectivity index (χ0n) is 30.7. The molecule has 1 aliphatic rings. The van der Waals surface area contributed by atoms with Crippen molar-refractivity contribution in [2.45, 2.75) is 96.0 Å². The van der Waals surface area contributed by atoms with E-state index in [0.29, 0.717) is 23.6 Å². The zero-order chi connectivity index (χ0) is 37.8. The van der Waals surface area contributed by atoms with Crippen molar-refractivity contribution in [3.05, 3.63) is 81.8 Å². The molecule has 0 unspecified atom stereocenters. The number of carbonyl (C=O) groups is 4. The minimum absolute atomic E-state index is 0.0476. The number of likely N-dealkylation sites (N-methyl/N-ethyl adjacent to an activating group) is 1. The zero-order valence-corrected chi connectivity index (χ0v) is 31.5. The minimum Gasteiger partial charge on any atom is -0.497 e. The summed E-state index contributed by atoms with van der Waals surface area (Å²) in [6.45, 7) is 6.34. The van der Waals surface area contributed by atoms with Crippen LogP contribution in [0.25, 0.3) is 0 Å². The average molecular weight is 736 g/mol. The number of carboxylic acid groups (broad SMARTS) is 1. The molecule has 1 aliphatic heterocycles. The molecule has 1 fully saturated rings. The summed E-state index contributed by atoms with van der Waals surface area (Å²) in [6, 6.07) is 14.5. The number of hydrogen-bond donors (Lipinski definition) is 5. The fourth-order valence-electron chi connectivity index (χ4n) is 6.48. The van der Waals surface area contributed by atoms with Crippen LogP contribution in [0.1, 0.15) is 98.1 Å². The van der Waals surface area contributed by atoms with Crippen LogP contribution >= 0.6 is 11.3 Å². The van der Waals surface area contributed by atoms with Gasteiger partial charge in [0, 0.05) is 17.8 Å². The smallest absolute Gasteiger partial charge is 0.306 e. The molecule has 0 radical (unpaired) electrons. The van der Waals surface area contributed by atoms with Crippen molar-refractivity contribution in [1.82, 2.24) is 25.8 Å². The maximum atomic E-state index is 14.0. The topological polar surface area (TPSA) is 170 Å². The summed E-state index contributed by atoms with van der Waals surface area (Å²) < 4.78 is 5.33. The van der Waals surface area contributed by atoms with Gasteiger partial charge in [0.1, 0.15) is 28.6 Å². The van der Waals surface area contributed by atoms with Gasteiger partial charge >= 0.3 is 5.97 Å². The maximum Gasteiger partial charge on any atom is 0.306 e. The van der Waals surface area contributed by atoms with Crippen molar-refractivity contribution < 1.29 is 34.1 Å². The first-order valence-electron chi connectivity index (χ1n) is 18.1. The normalized spacial score (nSPS) is 18.2. The number of hydrogen-bond acceptors (Lipinski definition) is 9. The van der Waals surface area contributed by atoms with Crippen molar-refractivity contribution in [2.75, 3.05) is 20.7 Å². The Hall–Kier alpha value is -4.33. The number of ether oxygens (including phenoxy) is 1. The highest BCUT2D eigenvalue weighted by atomic mass is 32.1. The highest BCUT2D eigenvalue weighted by molar-refractivity contribution is 7.09. The molecule has 2 heterocycles. The fraction of sp³-hybridized carbons (Fsp3) is 0.513. The first kappa shape index (κ1) is 40.4. The van der Waals surface area contributed by atoms with Crippen LogP contribution in [0.5, 0.6) is 5.75 Å². The molecule has 2 aromatic carbocycles. The molecule has 3 amide bonds. The third-order valence-electron chi connectivity index (χ3n) is 9.92. The lowest BCUT2D eigenvalue weighted by Gasteiger charge is -2.34. The Balaban J connectivity index is 1.50. The molecule has 1 saturated heterocycles. The van der Waals surface area contributed by atoms with Crippen LogP contribution < -0.4 is 20.7 Å². The van der Waals surface area contributed by atoms with Gasteiger partial charge in [-0.2, -0.15) is 0 Å². The molecule has 0 saturated carbocycles. The average Bonchev–Trinajstić information content (AvgIpc) is 3.65. The Morgan fingerprint density at radius 1 is 1.00 bits per heavy atom. The second-order valence-electron chi connectivity index (χ2n) is 13.9. The van der Waals surface area contributed by atoms with Crippen LogP contribution in [0.4, 0.5) is 0 Å². The van der Waals surface area contributed by atoms with Gasteiger partial charge in [-0.3, -0.25) is 24.1 Å². The summed E-state index contributed by atoms with van der Waals surface area (Å²) >= 11 is 1.13. The number of methoxy groups -OCH3 is 1. The molecule has 282 valence electrons. The number of aromatic nitrogens is 1. The van der Waals surface area contributed by atoms with Gasteiger partial charge in [0.15, 0.2) is 0 Å². The third kappa shape index (κ3) is 11.3. The van der Waals surface area contributed by atoms with Gasteiger partial charge < -0.3 is 30.9 Å². The molecule has 1 aromatic heterocycles. The first-order chi connectivity index (χ1) is 24.9. The molecular formula is C39H53N5O7S. The lowest BCUT2D eigenvalue weighted by molar-refractivity contribution is -0.141. The number of piperidine rings is 1. The molecule has 7 atom stereocenters. The molecule has 0 spiro atoms. The molecule has 3 aromatic rings. The summed E-state index contributed by atoms with van der Waals surface area (Å²) in [5.74, 6) is -2.12. The number of carbonyl (C=O) groups excluding carboxylic acids is 3. The first-order valence-corrected chi connectivity index (χ1v) is 18.9. The number of amides is 3. The van der Waals surface area contributed by atoms with Crippen LogP contribution in [-0.4, -0.2) is 82.6 Å². The molecule has 4 rings (SSSR count). The number of aliphatic hydroxyl groups is 1. The van der Waals surface area contributed by atoms with Gasteiger partial charge in [-0.1, -0.05) is 76.1 Å². The van der Waals surface area contributed by atoms with E-state index in [-0.39, 0.29) is 42.3 Å². The molecule has 13 heteroatoms. The van der Waals surface area contributed by atoms with Crippen LogP contribution in [-0.2, 0) is 20.8 Å². The maximum absolute atomic E-state index is 14.0. The molecule has 52 heavy (non-hydrogen) atoms. The standard InChI is InChI=1S/C39H53N5O7S/c1-6-24(2)34(43-36(47)32-14-10-11-19-44(32)4)37(48)41-30(27-15-17-29(51-5)18-16-27)22-33(45)38-42-31(23-52-38)35(46)40-28(20-25(3)39(49)50)21-26-12-8-7-9-13-26/h7-9,12-13,15-18,23-25,28,30,32-34,45H,6,10-11,14,19-22H2,1-5H3,(H,40,46)(H,41,48)(H,43,47)(H,49,50)/t24-,25-,28+,30+,32+,33+,34-/m0/s1. The van der Waals surface area contributed by atoms with E-state index >= 15 is 0 Å². The summed E-state index contributed by atoms with van der Waals surface area (Å²) in [5, 5.41) is 31.9. The number of thiazole rings is 1. The van der Waals surface area contributed by atoms with E-state index < -0.39 is 42.0 Å². The number of aliphatic hydroxyl groups excluding tert-OH is 1. The number of rotatable bonds is 18. The number of carboxylic acids is 1. The van der Waals surface area contributed by atoms with Crippen molar-refractivity contribution in [3.8, 4) is 5.75 Å². The van der Waals surface area contributed by atoms with Crippen LogP contribution in [0.15, 0.2) is 60.0 Å². The van der Waals surface area contributed by atoms with E-state index in [9.17, 15) is 29.4 Å². The van der Waals surface area contributed by atoms with Crippen molar-refractivity contribution in [3.63, 3.8) is 0 Å². The minimum atomic E-state index is -1.14. The number of benzene rings is 2. The second-order valence-corrected chi connectivity index (χ2v) is 14.7. The van der Waals surface area contributed by atoms with E-state index in [0.717, 1.165) is 48.3 Å². The number of nitrogens with one attached hydrogen (secondary N) is 3. The van der Waals surface area contributed by atoms with Gasteiger partial charge in [-0.25, -0.2) is 4.98 Å². The largest absolute Gasteiger partial charge is 0.497 e. The Morgan fingerprint density at radius 2 is 1.71 bits per heavy atom. The summed E-state index contributed by atoms with van der Waals surface area (Å²) in [6.07, 6.45) is 2.98. The third-order valence-corrected chi connectivity index (χ3v) is 10.9. The summed E-state index contributed by atoms with van der Waals surface area (Å²) in [7, 11) is 3.49. The van der Waals surface area contributed by atoms with Gasteiger partial charge in [0.25, 0.3) is 5.91 Å². The SMILES string of the molecule is CC[C@H](C)[C@H](NC(=O)[C@H]1CCCCN1C)C(=O)N[C@H](C[C@@H](O)c1nc(C(=O)N[C@@H](Cc2ccccc2)C[C@H](C)C(=O)O)cs1)c1ccc(OC)cc1. The summed E-state index contributed by atoms with van der Waals surface area (Å²) in [4.78, 5) is 58.8. The van der Waals surface area contributed by atoms with Crippen molar-refractivity contribution in [2.24, 2.45) is 11.8 Å². The van der Waals surface area contributed by atoms with Crippen molar-refractivity contribution in [1.29, 1.82) is 0 Å². The van der Waals surface area contributed by atoms with E-state index in [1.54, 1.807) is 31.5 Å². The highest BCUT2D eigenvalue weighted by Gasteiger charge is 2.34. The van der Waals surface area contributed by atoms with Gasteiger partial charge in [-0.15, -0.1) is 11.3 Å². The molecular weight excluding hydrogens is 683 g/mol. The van der Waals surface area contributed by atoms with Gasteiger partial charge in [-0.05, 0) is 68.5 Å². The number of nitrogens with zero attached hydrogens (tertiary/aromatic N) is 2. The Morgan fingerprint density at radius 3 is 2.35 bits per heavy atom. The van der Waals surface area contributed by atoms with Crippen LogP contribution in [0, 0.1) is 11.8 Å². The monoisotopic (exact) mass is 735 g/mol. The predicted octanol–water partition coefficient (Wildman–Crippen LogP) is 4.90. The Bertz CT molecular complexity index is 1620. The Labute approximate surface area is 310 Å². The van der Waals surface area contributed by atoms with E-state index in [4.69, 9.17) is 4.74 Å². The molecule has 0 bridgehead atoms. The van der Waals surface area contributed by atoms with Crippen molar-refractivity contribution >= 4 is 35.0 Å². The second kappa shape index (κ2) is 19.5. The van der Waals surface area contributed by atoms with E-state index in [1.165, 1.54) is 0 Å². The number of likely N-dealkylation sites (tertiary alicyclic amines) is 1. The van der Waals surface area contributed by atoms with E-state index in [2.05, 4.69) is 20.9 Å². The molecule has 5 N–H and O–H groups in total. The Kier molecular flexibility index (Phi) is 15.2. The lowest BCUT2D eigenvalue weighted by Crippen LogP contribution is -2.56. The quantitative estimate of drug-likeness (QED) is 0.122. The molecule has 0 aliphatic carbocycles. The highest BCUT2D eigenvalue weighted by Crippen LogP contribution is 2.30. The molecule has 12 nitrogen and oxygen atoms in total.